The van der Waals surface area contributed by atoms with Gasteiger partial charge in [0.05, 0.1) is 93.4 Å². The molecule has 4 heterocycles. The molecule has 2 aliphatic heterocycles. The van der Waals surface area contributed by atoms with Crippen molar-refractivity contribution in [2.45, 2.75) is 146 Å². The first kappa shape index (κ1) is 70.1. The van der Waals surface area contributed by atoms with Crippen LogP contribution in [0.4, 0.5) is 26.3 Å². The van der Waals surface area contributed by atoms with E-state index in [0.29, 0.717) is 85.4 Å². The van der Waals surface area contributed by atoms with Gasteiger partial charge in [-0.25, -0.2) is 8.78 Å². The van der Waals surface area contributed by atoms with Gasteiger partial charge in [-0.2, -0.15) is 0 Å². The Labute approximate surface area is 563 Å². The number of nitrogens with zero attached hydrogens (tertiary/aromatic N) is 2. The summed E-state index contributed by atoms with van der Waals surface area (Å²) in [6.07, 6.45) is -6.12. The summed E-state index contributed by atoms with van der Waals surface area (Å²) < 4.78 is 125. The zero-order valence-electron chi connectivity index (χ0n) is 54.4. The summed E-state index contributed by atoms with van der Waals surface area (Å²) in [4.78, 5) is 27.3. The number of aliphatic hydroxyl groups excluding tert-OH is 3. The number of halogens is 7. The Balaban J connectivity index is 0.000000194. The number of ketones is 2. The van der Waals surface area contributed by atoms with Crippen molar-refractivity contribution in [2.75, 3.05) is 32.8 Å². The highest BCUT2D eigenvalue weighted by molar-refractivity contribution is 6.15. The maximum absolute atomic E-state index is 16.0. The van der Waals surface area contributed by atoms with E-state index in [1.165, 1.54) is 42.8 Å². The van der Waals surface area contributed by atoms with Gasteiger partial charge in [0.15, 0.2) is 23.0 Å². The van der Waals surface area contributed by atoms with Crippen molar-refractivity contribution in [3.63, 3.8) is 0 Å². The lowest BCUT2D eigenvalue weighted by Gasteiger charge is -2.28. The second-order valence-corrected chi connectivity index (χ2v) is 26.5. The normalized spacial score (nSPS) is 16.4. The maximum atomic E-state index is 16.0. The van der Waals surface area contributed by atoms with Gasteiger partial charge in [-0.1, -0.05) is 131 Å². The minimum absolute atomic E-state index is 0.0577. The predicted molar refractivity (Wildman–Crippen MR) is 354 cm³/mol. The minimum Gasteiger partial charge on any atom is -0.395 e. The number of benzene rings is 7. The van der Waals surface area contributed by atoms with Gasteiger partial charge in [0, 0.05) is 52.2 Å². The van der Waals surface area contributed by atoms with Gasteiger partial charge < -0.3 is 57.6 Å². The van der Waals surface area contributed by atoms with E-state index < -0.39 is 58.1 Å². The monoisotopic (exact) mass is 1360 g/mol. The number of hydrogen-bond donors (Lipinski definition) is 3. The summed E-state index contributed by atoms with van der Waals surface area (Å²) in [5.41, 5.74) is 4.12. The van der Waals surface area contributed by atoms with E-state index in [0.717, 1.165) is 27.8 Å². The maximum Gasteiger partial charge on any atom is 0.586 e. The van der Waals surface area contributed by atoms with Crippen molar-refractivity contribution in [3.8, 4) is 23.0 Å². The van der Waals surface area contributed by atoms with Gasteiger partial charge in [-0.3, -0.25) is 9.59 Å². The van der Waals surface area contributed by atoms with Gasteiger partial charge in [0.25, 0.3) is 0 Å². The minimum atomic E-state index is -3.76. The molecule has 0 amide bonds. The fourth-order valence-electron chi connectivity index (χ4n) is 12.8. The third-order valence-electron chi connectivity index (χ3n) is 18.3. The van der Waals surface area contributed by atoms with Crippen molar-refractivity contribution in [3.05, 3.63) is 226 Å². The summed E-state index contributed by atoms with van der Waals surface area (Å²) >= 11 is 4.64. The van der Waals surface area contributed by atoms with Crippen molar-refractivity contribution >= 4 is 45.0 Å². The average Bonchev–Trinajstić information content (AvgIpc) is 1.60. The van der Waals surface area contributed by atoms with Crippen LogP contribution in [-0.4, -0.2) is 93.6 Å². The number of fused-ring (bicyclic) bond motifs is 4. The molecular weight excluding hydrogens is 1280 g/mol. The molecule has 2 aliphatic carbocycles. The second-order valence-electron chi connectivity index (χ2n) is 26.5. The molecule has 7 aromatic carbocycles. The summed E-state index contributed by atoms with van der Waals surface area (Å²) in [7, 11) is 0. The highest BCUT2D eigenvalue weighted by Crippen LogP contribution is 2.54. The zero-order chi connectivity index (χ0) is 69.1. The number of carbonyl (C=O) groups excluding carboxylic acids is 2. The molecule has 14 nitrogen and oxygen atoms in total. The van der Waals surface area contributed by atoms with E-state index in [-0.39, 0.29) is 91.4 Å². The Hall–Kier alpha value is -8.21. The first-order chi connectivity index (χ1) is 46.3. The lowest BCUT2D eigenvalue weighted by molar-refractivity contribution is -0.287. The first-order valence-corrected chi connectivity index (χ1v) is 32.8. The molecule has 2 saturated carbocycles. The average molecular weight is 1360 g/mol. The van der Waals surface area contributed by atoms with Crippen LogP contribution in [0, 0.1) is 11.6 Å². The van der Waals surface area contributed by atoms with Gasteiger partial charge >= 0.3 is 12.6 Å². The summed E-state index contributed by atoms with van der Waals surface area (Å²) in [6, 6.07) is 47.8. The van der Waals surface area contributed by atoms with E-state index in [2.05, 4.69) is 30.5 Å². The van der Waals surface area contributed by atoms with Crippen LogP contribution < -0.4 is 18.9 Å². The molecule has 13 rings (SSSR count). The van der Waals surface area contributed by atoms with Crippen molar-refractivity contribution in [1.29, 1.82) is 0 Å². The molecule has 0 bridgehead atoms. The molecule has 512 valence electrons. The van der Waals surface area contributed by atoms with Crippen LogP contribution in [0.5, 0.6) is 23.0 Å². The number of hydrogen-bond acceptors (Lipinski definition) is 12. The molecule has 9 aromatic rings. The molecule has 2 fully saturated rings. The molecule has 0 saturated heterocycles. The van der Waals surface area contributed by atoms with E-state index in [4.69, 9.17) is 14.2 Å². The predicted octanol–water partition coefficient (Wildman–Crippen LogP) is 14.7. The highest BCUT2D eigenvalue weighted by Gasteiger charge is 2.54. The quantitative estimate of drug-likeness (QED) is 0.0330. The van der Waals surface area contributed by atoms with Crippen LogP contribution in [0.3, 0.4) is 0 Å². The Bertz CT molecular complexity index is 4270. The number of aromatic nitrogens is 2. The number of alkyl halides is 5. The van der Waals surface area contributed by atoms with E-state index >= 15 is 8.78 Å². The van der Waals surface area contributed by atoms with Crippen molar-refractivity contribution in [1.82, 2.24) is 9.13 Å². The van der Waals surface area contributed by atoms with Crippen LogP contribution >= 0.6 is 11.6 Å². The number of Topliss-reactive ketones (excluding diaryl/α,β-unsaturated/α-hetero) is 2. The SMILES string of the molecule is CC(C)(CO)c1cc2cc(CC(=O)C3(c4ccc5c(c4)OC(F)(F)O5)CC3)c(F)cc2n1C[C@@H](O)COCc1ccccc1.CC(C)(COCc1ccccc1)c1cc2cc(CC(=O)C3(c4ccc5c(c4)OC(F)(F)O5)CC3)c(F)cc2n1C[C@@H](O)COCc1ccccc1.CCl. The third-order valence-corrected chi connectivity index (χ3v) is 18.3. The van der Waals surface area contributed by atoms with Crippen molar-refractivity contribution in [2.24, 2.45) is 0 Å². The molecule has 0 unspecified atom stereocenters. The molecule has 3 N–H and O–H groups in total. The number of carbonyl (C=O) groups is 2. The van der Waals surface area contributed by atoms with Gasteiger partial charge in [-0.05, 0) is 125 Å². The Morgan fingerprint density at radius 1 is 0.505 bits per heavy atom. The fraction of sp³-hybridized carbons (Fsp3) is 0.368. The Morgan fingerprint density at radius 2 is 0.866 bits per heavy atom. The molecule has 0 spiro atoms. The molecule has 4 aliphatic rings. The molecular formula is C76H77ClF6N2O12. The summed E-state index contributed by atoms with van der Waals surface area (Å²) in [5.74, 6) is -1.99. The lowest BCUT2D eigenvalue weighted by atomic mass is 9.87. The molecule has 2 aromatic heterocycles. The van der Waals surface area contributed by atoms with Crippen LogP contribution in [-0.2, 0) is 91.2 Å². The van der Waals surface area contributed by atoms with Gasteiger partial charge in [-0.15, -0.1) is 29.2 Å². The van der Waals surface area contributed by atoms with Gasteiger partial charge in [0.1, 0.15) is 23.2 Å². The smallest absolute Gasteiger partial charge is 0.395 e. The van der Waals surface area contributed by atoms with Crippen LogP contribution in [0.25, 0.3) is 21.8 Å². The fourth-order valence-corrected chi connectivity index (χ4v) is 12.8. The number of aliphatic hydroxyl groups is 3. The second kappa shape index (κ2) is 28.7. The Kier molecular flexibility index (Phi) is 20.7. The topological polar surface area (TPSA) is 169 Å². The third kappa shape index (κ3) is 15.9. The standard InChI is InChI=1S/C41H40F3NO6.C34H34F3NO6.CH3Cl/c1-39(2,26-49-24-28-11-7-4-8-12-28)37-18-30-17-29(19-38(47)40(15-16-40)31-13-14-35-36(20-31)51-41(43,44)50-35)33(42)21-34(30)45(37)22-32(46)25-48-23-27-9-5-3-6-10-27;1-32(2,20-39)30-13-23-12-22(14-31(41)33(10-11-33)24-8-9-28-29(15-24)44-34(36,37)43-28)26(35)16-27(23)38(30)17-25(40)19-42-18-21-6-4-3-5-7-21;1-2/h3-14,17-18,20-21,32,46H,15-16,19,22-26H2,1-2H3;3-9,12-13,15-16,25,39-40H,10-11,14,17-20H2,1-2H3;1H3/t32-;25-;/m11./s1. The molecule has 0 radical (unpaired) electrons. The summed E-state index contributed by atoms with van der Waals surface area (Å²) in [5, 5.41) is 33.5. The van der Waals surface area contributed by atoms with Crippen LogP contribution in [0.1, 0.15) is 104 Å². The molecule has 2 atom stereocenters. The number of ether oxygens (including phenoxy) is 7. The molecule has 97 heavy (non-hydrogen) atoms. The summed E-state index contributed by atoms with van der Waals surface area (Å²) in [6.45, 7) is 9.49. The van der Waals surface area contributed by atoms with Crippen LogP contribution in [0.2, 0.25) is 0 Å². The van der Waals surface area contributed by atoms with E-state index in [1.54, 1.807) is 28.8 Å². The largest absolute Gasteiger partial charge is 0.586 e. The Morgan fingerprint density at radius 3 is 1.24 bits per heavy atom. The number of rotatable bonds is 27. The van der Waals surface area contributed by atoms with Gasteiger partial charge in [0.2, 0.25) is 0 Å². The first-order valence-electron chi connectivity index (χ1n) is 32.0. The van der Waals surface area contributed by atoms with E-state index in [9.17, 15) is 42.5 Å². The zero-order valence-corrected chi connectivity index (χ0v) is 55.2. The lowest BCUT2D eigenvalue weighted by Crippen LogP contribution is -2.30. The molecule has 21 heteroatoms. The van der Waals surface area contributed by atoms with E-state index in [1.807, 2.05) is 135 Å². The van der Waals surface area contributed by atoms with Crippen LogP contribution in [0.15, 0.2) is 164 Å². The highest BCUT2D eigenvalue weighted by atomic mass is 35.5. The van der Waals surface area contributed by atoms with Crippen molar-refractivity contribution < 1.29 is 84.4 Å².